The van der Waals surface area contributed by atoms with E-state index in [2.05, 4.69) is 33.0 Å². The lowest BCUT2D eigenvalue weighted by Crippen LogP contribution is -2.56. The van der Waals surface area contributed by atoms with Gasteiger partial charge < -0.3 is 15.3 Å². The molecule has 15 heavy (non-hydrogen) atoms. The quantitative estimate of drug-likeness (QED) is 0.699. The molecule has 0 aliphatic carbocycles. The molecule has 0 bridgehead atoms. The molecule has 4 nitrogen and oxygen atoms in total. The van der Waals surface area contributed by atoms with Crippen molar-refractivity contribution in [1.82, 2.24) is 10.2 Å². The van der Waals surface area contributed by atoms with Crippen molar-refractivity contribution in [1.29, 1.82) is 0 Å². The fraction of sp³-hybridized carbons (Fsp3) is 0.909. The Bertz CT molecular complexity index is 235. The summed E-state index contributed by atoms with van der Waals surface area (Å²) in [6, 6.07) is 0.273. The van der Waals surface area contributed by atoms with E-state index in [9.17, 15) is 4.79 Å². The second-order valence-corrected chi connectivity index (χ2v) is 5.50. The van der Waals surface area contributed by atoms with Gasteiger partial charge in [-0.1, -0.05) is 6.92 Å². The zero-order chi connectivity index (χ0) is 11.6. The third kappa shape index (κ3) is 3.70. The molecule has 1 aliphatic rings. The van der Waals surface area contributed by atoms with Crippen molar-refractivity contribution in [2.75, 3.05) is 13.1 Å². The van der Waals surface area contributed by atoms with Gasteiger partial charge in [-0.15, -0.1) is 0 Å². The smallest absolute Gasteiger partial charge is 0.407 e. The Morgan fingerprint density at radius 3 is 2.53 bits per heavy atom. The van der Waals surface area contributed by atoms with Gasteiger partial charge in [-0.2, -0.15) is 0 Å². The van der Waals surface area contributed by atoms with Crippen LogP contribution < -0.4 is 5.32 Å². The number of piperidine rings is 1. The average molecular weight is 214 g/mol. The predicted octanol–water partition coefficient (Wildman–Crippen LogP) is 1.76. The minimum atomic E-state index is -0.803. The van der Waals surface area contributed by atoms with E-state index in [4.69, 9.17) is 5.11 Å². The van der Waals surface area contributed by atoms with E-state index in [1.54, 1.807) is 0 Å². The van der Waals surface area contributed by atoms with Crippen molar-refractivity contribution in [3.05, 3.63) is 0 Å². The van der Waals surface area contributed by atoms with Gasteiger partial charge in [0.2, 0.25) is 0 Å². The van der Waals surface area contributed by atoms with Gasteiger partial charge in [-0.25, -0.2) is 4.79 Å². The van der Waals surface area contributed by atoms with Crippen molar-refractivity contribution in [3.63, 3.8) is 0 Å². The molecule has 0 saturated carbocycles. The van der Waals surface area contributed by atoms with Gasteiger partial charge in [-0.3, -0.25) is 0 Å². The maximum Gasteiger partial charge on any atom is 0.407 e. The highest BCUT2D eigenvalue weighted by atomic mass is 16.4. The largest absolute Gasteiger partial charge is 0.465 e. The standard InChI is InChI=1S/C11H22N2O2/c1-8-5-6-13(10(14)15)7-9(8)12-11(2,3)4/h8-9,12H,5-7H2,1-4H3,(H,14,15)/t8-,9+/m1/s1. The van der Waals surface area contributed by atoms with Crippen LogP contribution in [-0.2, 0) is 0 Å². The highest BCUT2D eigenvalue weighted by Gasteiger charge is 2.30. The SMILES string of the molecule is C[C@@H]1CCN(C(=O)O)C[C@@H]1NC(C)(C)C. The number of hydrogen-bond acceptors (Lipinski definition) is 2. The highest BCUT2D eigenvalue weighted by Crippen LogP contribution is 2.19. The predicted molar refractivity (Wildman–Crippen MR) is 60.1 cm³/mol. The van der Waals surface area contributed by atoms with E-state index in [0.717, 1.165) is 6.42 Å². The van der Waals surface area contributed by atoms with Crippen molar-refractivity contribution >= 4 is 6.09 Å². The molecule has 4 heteroatoms. The van der Waals surface area contributed by atoms with Crippen molar-refractivity contribution in [3.8, 4) is 0 Å². The zero-order valence-corrected chi connectivity index (χ0v) is 10.1. The van der Waals surface area contributed by atoms with Crippen LogP contribution in [0.15, 0.2) is 0 Å². The first-order chi connectivity index (χ1) is 6.79. The lowest BCUT2D eigenvalue weighted by Gasteiger charge is -2.39. The number of hydrogen-bond donors (Lipinski definition) is 2. The Morgan fingerprint density at radius 1 is 1.47 bits per heavy atom. The fourth-order valence-corrected chi connectivity index (χ4v) is 1.99. The number of amides is 1. The van der Waals surface area contributed by atoms with Crippen LogP contribution in [0, 0.1) is 5.92 Å². The van der Waals surface area contributed by atoms with Crippen LogP contribution in [0.25, 0.3) is 0 Å². The third-order valence-corrected chi connectivity index (χ3v) is 2.85. The summed E-state index contributed by atoms with van der Waals surface area (Å²) in [6.45, 7) is 9.79. The van der Waals surface area contributed by atoms with Crippen LogP contribution in [0.4, 0.5) is 4.79 Å². The van der Waals surface area contributed by atoms with Gasteiger partial charge in [0.15, 0.2) is 0 Å². The molecule has 1 fully saturated rings. The number of nitrogens with zero attached hydrogens (tertiary/aromatic N) is 1. The molecule has 1 amide bonds. The van der Waals surface area contributed by atoms with Crippen LogP contribution in [0.5, 0.6) is 0 Å². The zero-order valence-electron chi connectivity index (χ0n) is 10.1. The van der Waals surface area contributed by atoms with Crippen LogP contribution >= 0.6 is 0 Å². The molecule has 0 aromatic heterocycles. The van der Waals surface area contributed by atoms with E-state index in [-0.39, 0.29) is 11.6 Å². The number of rotatable bonds is 1. The van der Waals surface area contributed by atoms with E-state index in [1.807, 2.05) is 0 Å². The summed E-state index contributed by atoms with van der Waals surface area (Å²) in [5.41, 5.74) is 0.0421. The lowest BCUT2D eigenvalue weighted by molar-refractivity contribution is 0.104. The molecular weight excluding hydrogens is 192 g/mol. The van der Waals surface area contributed by atoms with Crippen LogP contribution in [0.2, 0.25) is 0 Å². The minimum Gasteiger partial charge on any atom is -0.465 e. The van der Waals surface area contributed by atoms with Crippen molar-refractivity contribution in [2.45, 2.75) is 45.7 Å². The maximum atomic E-state index is 10.9. The number of carboxylic acid groups (broad SMARTS) is 1. The molecule has 1 aliphatic heterocycles. The van der Waals surface area contributed by atoms with Gasteiger partial charge in [-0.05, 0) is 33.1 Å². The Kier molecular flexibility index (Phi) is 3.60. The normalized spacial score (nSPS) is 27.9. The first-order valence-corrected chi connectivity index (χ1v) is 5.55. The second-order valence-electron chi connectivity index (χ2n) is 5.50. The number of likely N-dealkylation sites (tertiary alicyclic amines) is 1. The molecule has 1 rings (SSSR count). The Labute approximate surface area is 91.6 Å². The summed E-state index contributed by atoms with van der Waals surface area (Å²) in [5, 5.41) is 12.4. The molecule has 2 atom stereocenters. The molecule has 0 spiro atoms. The van der Waals surface area contributed by atoms with Gasteiger partial charge in [0.05, 0.1) is 0 Å². The molecule has 88 valence electrons. The maximum absolute atomic E-state index is 10.9. The van der Waals surface area contributed by atoms with E-state index >= 15 is 0 Å². The Balaban J connectivity index is 2.58. The summed E-state index contributed by atoms with van der Waals surface area (Å²) < 4.78 is 0. The molecule has 0 aromatic rings. The molecule has 0 unspecified atom stereocenters. The van der Waals surface area contributed by atoms with Crippen molar-refractivity contribution < 1.29 is 9.90 Å². The third-order valence-electron chi connectivity index (χ3n) is 2.85. The molecule has 1 heterocycles. The monoisotopic (exact) mass is 214 g/mol. The summed E-state index contributed by atoms with van der Waals surface area (Å²) in [7, 11) is 0. The lowest BCUT2D eigenvalue weighted by atomic mass is 9.91. The van der Waals surface area contributed by atoms with Gasteiger partial charge in [0, 0.05) is 24.7 Å². The first kappa shape index (κ1) is 12.3. The van der Waals surface area contributed by atoms with E-state index in [1.165, 1.54) is 4.90 Å². The second kappa shape index (κ2) is 4.39. The Hall–Kier alpha value is -0.770. The van der Waals surface area contributed by atoms with Gasteiger partial charge in [0.25, 0.3) is 0 Å². The summed E-state index contributed by atoms with van der Waals surface area (Å²) in [6.07, 6.45) is 0.141. The van der Waals surface area contributed by atoms with Gasteiger partial charge in [0.1, 0.15) is 0 Å². The molecular formula is C11H22N2O2. The summed E-state index contributed by atoms with van der Waals surface area (Å²) in [5.74, 6) is 0.542. The molecule has 1 saturated heterocycles. The molecule has 0 radical (unpaired) electrons. The summed E-state index contributed by atoms with van der Waals surface area (Å²) >= 11 is 0. The number of nitrogens with one attached hydrogen (secondary N) is 1. The average Bonchev–Trinajstić information content (AvgIpc) is 2.06. The highest BCUT2D eigenvalue weighted by molar-refractivity contribution is 5.65. The molecule has 0 aromatic carbocycles. The Morgan fingerprint density at radius 2 is 2.07 bits per heavy atom. The van der Waals surface area contributed by atoms with Gasteiger partial charge >= 0.3 is 6.09 Å². The van der Waals surface area contributed by atoms with Crippen molar-refractivity contribution in [2.24, 2.45) is 5.92 Å². The number of carbonyl (C=O) groups is 1. The topological polar surface area (TPSA) is 52.6 Å². The summed E-state index contributed by atoms with van der Waals surface area (Å²) in [4.78, 5) is 12.4. The molecule has 2 N–H and O–H groups in total. The van der Waals surface area contributed by atoms with Crippen LogP contribution in [-0.4, -0.2) is 40.8 Å². The van der Waals surface area contributed by atoms with E-state index < -0.39 is 6.09 Å². The van der Waals surface area contributed by atoms with Crippen LogP contribution in [0.1, 0.15) is 34.1 Å². The van der Waals surface area contributed by atoms with E-state index in [0.29, 0.717) is 19.0 Å². The van der Waals surface area contributed by atoms with Crippen LogP contribution in [0.3, 0.4) is 0 Å². The first-order valence-electron chi connectivity index (χ1n) is 5.55. The fourth-order valence-electron chi connectivity index (χ4n) is 1.99. The minimum absolute atomic E-state index is 0.0421.